The SMILES string of the molecule is COC1CC(NS(=O)(=O)Cc2ccc(C#N)cc2)C1(C)C. The van der Waals surface area contributed by atoms with E-state index in [2.05, 4.69) is 4.72 Å². The molecule has 0 aromatic heterocycles. The minimum Gasteiger partial charge on any atom is -0.381 e. The number of hydrogen-bond donors (Lipinski definition) is 1. The third-order valence-corrected chi connectivity index (χ3v) is 5.58. The van der Waals surface area contributed by atoms with Crippen molar-refractivity contribution in [3.8, 4) is 6.07 Å². The average Bonchev–Trinajstić information content (AvgIpc) is 2.43. The third kappa shape index (κ3) is 3.43. The van der Waals surface area contributed by atoms with Gasteiger partial charge in [-0.3, -0.25) is 0 Å². The van der Waals surface area contributed by atoms with E-state index in [4.69, 9.17) is 10.00 Å². The number of nitrogens with one attached hydrogen (secondary N) is 1. The summed E-state index contributed by atoms with van der Waals surface area (Å²) in [6.07, 6.45) is 0.774. The van der Waals surface area contributed by atoms with Gasteiger partial charge in [-0.15, -0.1) is 0 Å². The second-order valence-corrected chi connectivity index (χ2v) is 7.77. The lowest BCUT2D eigenvalue weighted by Crippen LogP contribution is -2.61. The molecule has 0 saturated heterocycles. The van der Waals surface area contributed by atoms with Crippen LogP contribution in [0.5, 0.6) is 0 Å². The van der Waals surface area contributed by atoms with Gasteiger partial charge in [-0.2, -0.15) is 5.26 Å². The topological polar surface area (TPSA) is 79.2 Å². The van der Waals surface area contributed by atoms with Crippen molar-refractivity contribution in [2.45, 2.75) is 38.2 Å². The molecule has 21 heavy (non-hydrogen) atoms. The van der Waals surface area contributed by atoms with E-state index in [1.54, 1.807) is 31.4 Å². The van der Waals surface area contributed by atoms with Crippen LogP contribution in [0.3, 0.4) is 0 Å². The van der Waals surface area contributed by atoms with E-state index in [1.807, 2.05) is 19.9 Å². The molecule has 114 valence electrons. The van der Waals surface area contributed by atoms with Crippen molar-refractivity contribution >= 4 is 10.0 Å². The number of benzene rings is 1. The highest BCUT2D eigenvalue weighted by molar-refractivity contribution is 7.88. The van der Waals surface area contributed by atoms with Crippen molar-refractivity contribution in [2.75, 3.05) is 7.11 Å². The lowest BCUT2D eigenvalue weighted by atomic mass is 9.65. The first-order valence-electron chi connectivity index (χ1n) is 6.80. The molecule has 1 aromatic carbocycles. The summed E-state index contributed by atoms with van der Waals surface area (Å²) in [5.74, 6) is -0.0804. The van der Waals surface area contributed by atoms with Crippen molar-refractivity contribution in [2.24, 2.45) is 5.41 Å². The number of sulfonamides is 1. The molecule has 0 spiro atoms. The fraction of sp³-hybridized carbons (Fsp3) is 0.533. The van der Waals surface area contributed by atoms with Crippen molar-refractivity contribution < 1.29 is 13.2 Å². The Hall–Kier alpha value is -1.42. The fourth-order valence-corrected chi connectivity index (χ4v) is 4.19. The molecular weight excluding hydrogens is 288 g/mol. The van der Waals surface area contributed by atoms with E-state index in [9.17, 15) is 8.42 Å². The molecule has 0 heterocycles. The first-order chi connectivity index (χ1) is 9.78. The normalized spacial score (nSPS) is 24.1. The summed E-state index contributed by atoms with van der Waals surface area (Å²) in [5.41, 5.74) is 0.987. The molecular formula is C15H20N2O3S. The van der Waals surface area contributed by atoms with Gasteiger partial charge in [-0.25, -0.2) is 13.1 Å². The first-order valence-corrected chi connectivity index (χ1v) is 8.45. The van der Waals surface area contributed by atoms with Gasteiger partial charge in [0.1, 0.15) is 0 Å². The lowest BCUT2D eigenvalue weighted by molar-refractivity contribution is -0.0908. The van der Waals surface area contributed by atoms with Crippen LogP contribution in [0.15, 0.2) is 24.3 Å². The lowest BCUT2D eigenvalue weighted by Gasteiger charge is -2.50. The van der Waals surface area contributed by atoms with Gasteiger partial charge >= 0.3 is 0 Å². The van der Waals surface area contributed by atoms with Gasteiger partial charge in [0.15, 0.2) is 0 Å². The predicted octanol–water partition coefficient (Wildman–Crippen LogP) is 1.79. The summed E-state index contributed by atoms with van der Waals surface area (Å²) >= 11 is 0. The molecule has 2 atom stereocenters. The summed E-state index contributed by atoms with van der Waals surface area (Å²) in [6.45, 7) is 4.00. The smallest absolute Gasteiger partial charge is 0.216 e. The van der Waals surface area contributed by atoms with E-state index >= 15 is 0 Å². The molecule has 0 bridgehead atoms. The Bertz CT molecular complexity index is 644. The van der Waals surface area contributed by atoms with Gasteiger partial charge in [-0.1, -0.05) is 26.0 Å². The number of rotatable bonds is 5. The molecule has 1 aliphatic rings. The van der Waals surface area contributed by atoms with Crippen LogP contribution in [0, 0.1) is 16.7 Å². The van der Waals surface area contributed by atoms with Gasteiger partial charge < -0.3 is 4.74 Å². The molecule has 1 saturated carbocycles. The van der Waals surface area contributed by atoms with Crippen LogP contribution in [0.25, 0.3) is 0 Å². The molecule has 0 amide bonds. The van der Waals surface area contributed by atoms with Crippen LogP contribution in [-0.4, -0.2) is 27.7 Å². The predicted molar refractivity (Wildman–Crippen MR) is 79.9 cm³/mol. The maximum Gasteiger partial charge on any atom is 0.216 e. The van der Waals surface area contributed by atoms with Crippen molar-refractivity contribution in [1.82, 2.24) is 4.72 Å². The zero-order valence-electron chi connectivity index (χ0n) is 12.5. The number of nitriles is 1. The van der Waals surface area contributed by atoms with Crippen molar-refractivity contribution in [1.29, 1.82) is 5.26 Å². The van der Waals surface area contributed by atoms with E-state index in [1.165, 1.54) is 0 Å². The molecule has 5 nitrogen and oxygen atoms in total. The number of nitrogens with zero attached hydrogens (tertiary/aromatic N) is 1. The van der Waals surface area contributed by atoms with Crippen molar-refractivity contribution in [3.05, 3.63) is 35.4 Å². The van der Waals surface area contributed by atoms with Gasteiger partial charge in [0.25, 0.3) is 0 Å². The van der Waals surface area contributed by atoms with Crippen molar-refractivity contribution in [3.63, 3.8) is 0 Å². The highest BCUT2D eigenvalue weighted by atomic mass is 32.2. The van der Waals surface area contributed by atoms with Crippen LogP contribution in [0.2, 0.25) is 0 Å². The fourth-order valence-electron chi connectivity index (χ4n) is 2.64. The Labute approximate surface area is 126 Å². The van der Waals surface area contributed by atoms with E-state index < -0.39 is 10.0 Å². The molecule has 1 aliphatic carbocycles. The monoisotopic (exact) mass is 308 g/mol. The number of methoxy groups -OCH3 is 1. The van der Waals surface area contributed by atoms with Gasteiger partial charge in [0, 0.05) is 18.6 Å². The van der Waals surface area contributed by atoms with E-state index in [-0.39, 0.29) is 23.3 Å². The van der Waals surface area contributed by atoms with Crippen LogP contribution in [-0.2, 0) is 20.5 Å². The quantitative estimate of drug-likeness (QED) is 0.899. The average molecular weight is 308 g/mol. The highest BCUT2D eigenvalue weighted by Crippen LogP contribution is 2.42. The van der Waals surface area contributed by atoms with Crippen LogP contribution >= 0.6 is 0 Å². The standard InChI is InChI=1S/C15H20N2O3S/c1-15(2)13(8-14(15)20-3)17-21(18,19)10-12-6-4-11(9-16)5-7-12/h4-7,13-14,17H,8,10H2,1-3H3. The highest BCUT2D eigenvalue weighted by Gasteiger charge is 2.49. The molecule has 2 rings (SSSR count). The molecule has 2 unspecified atom stereocenters. The second kappa shape index (κ2) is 5.76. The van der Waals surface area contributed by atoms with Crippen LogP contribution in [0.4, 0.5) is 0 Å². The molecule has 1 fully saturated rings. The van der Waals surface area contributed by atoms with Gasteiger partial charge in [0.05, 0.1) is 23.5 Å². The van der Waals surface area contributed by atoms with Crippen LogP contribution < -0.4 is 4.72 Å². The molecule has 6 heteroatoms. The summed E-state index contributed by atoms with van der Waals surface area (Å²) in [7, 11) is -1.76. The Morgan fingerprint density at radius 1 is 1.38 bits per heavy atom. The Morgan fingerprint density at radius 2 is 2.00 bits per heavy atom. The van der Waals surface area contributed by atoms with Gasteiger partial charge in [0.2, 0.25) is 10.0 Å². The number of ether oxygens (including phenoxy) is 1. The summed E-state index contributed by atoms with van der Waals surface area (Å²) < 4.78 is 32.5. The molecule has 0 aliphatic heterocycles. The third-order valence-electron chi connectivity index (χ3n) is 4.22. The minimum atomic E-state index is -3.41. The number of hydrogen-bond acceptors (Lipinski definition) is 4. The Balaban J connectivity index is 2.01. The minimum absolute atomic E-state index is 0.0804. The Morgan fingerprint density at radius 3 is 2.48 bits per heavy atom. The zero-order valence-corrected chi connectivity index (χ0v) is 13.3. The summed E-state index contributed by atoms with van der Waals surface area (Å²) in [4.78, 5) is 0. The summed E-state index contributed by atoms with van der Waals surface area (Å²) in [6, 6.07) is 8.49. The largest absolute Gasteiger partial charge is 0.381 e. The van der Waals surface area contributed by atoms with Crippen LogP contribution in [0.1, 0.15) is 31.4 Å². The first kappa shape index (κ1) is 16.0. The Kier molecular flexibility index (Phi) is 4.38. The van der Waals surface area contributed by atoms with E-state index in [0.717, 1.165) is 0 Å². The van der Waals surface area contributed by atoms with Gasteiger partial charge in [-0.05, 0) is 24.1 Å². The molecule has 0 radical (unpaired) electrons. The molecule has 1 aromatic rings. The summed E-state index contributed by atoms with van der Waals surface area (Å²) in [5, 5.41) is 8.73. The van der Waals surface area contributed by atoms with E-state index in [0.29, 0.717) is 17.5 Å². The second-order valence-electron chi connectivity index (χ2n) is 6.02. The molecule has 1 N–H and O–H groups in total. The zero-order chi connectivity index (χ0) is 15.7. The maximum atomic E-state index is 12.2. The maximum absolute atomic E-state index is 12.2.